The molecule has 23 heavy (non-hydrogen) atoms. The Balaban J connectivity index is 2.18. The fourth-order valence-electron chi connectivity index (χ4n) is 2.41. The standard InChI is InChI=1S/C15H18N4O4/c1-2-11-5-3-4-6-12(11)10-16-17-14-8-7-13(18(20)21)9-15(14)19(22)23/h2,7-10,17,22-23H,1,3-6H2/q-2. The lowest BCUT2D eigenvalue weighted by Crippen LogP contribution is -2.14. The fourth-order valence-corrected chi connectivity index (χ4v) is 2.41. The van der Waals surface area contributed by atoms with Crippen LogP contribution in [0, 0.1) is 10.4 Å². The molecule has 0 fully saturated rings. The summed E-state index contributed by atoms with van der Waals surface area (Å²) in [6.07, 6.45) is 7.58. The number of anilines is 3. The molecule has 0 unspecified atom stereocenters. The number of hydrogen-bond acceptors (Lipinski definition) is 8. The van der Waals surface area contributed by atoms with Crippen molar-refractivity contribution >= 4 is 23.3 Å². The monoisotopic (exact) mass is 318 g/mol. The van der Waals surface area contributed by atoms with Crippen LogP contribution in [0.5, 0.6) is 0 Å². The number of nitrogens with one attached hydrogen (secondary N) is 1. The van der Waals surface area contributed by atoms with Gasteiger partial charge in [-0.25, -0.2) is 0 Å². The van der Waals surface area contributed by atoms with Gasteiger partial charge in [0.1, 0.15) is 5.69 Å². The first-order chi connectivity index (χ1) is 11.0. The first-order valence-corrected chi connectivity index (χ1v) is 7.12. The molecular formula is C15H18N4O4-2. The zero-order valence-corrected chi connectivity index (χ0v) is 12.5. The Morgan fingerprint density at radius 2 is 1.87 bits per heavy atom. The first-order valence-electron chi connectivity index (χ1n) is 7.12. The van der Waals surface area contributed by atoms with E-state index in [9.17, 15) is 20.8 Å². The fraction of sp³-hybridized carbons (Fsp3) is 0.267. The van der Waals surface area contributed by atoms with Gasteiger partial charge in [-0.1, -0.05) is 12.7 Å². The summed E-state index contributed by atoms with van der Waals surface area (Å²) >= 11 is 0. The number of allylic oxidation sites excluding steroid dienone is 3. The minimum Gasteiger partial charge on any atom is -0.769 e. The van der Waals surface area contributed by atoms with Crippen LogP contribution in [0.4, 0.5) is 17.1 Å². The lowest BCUT2D eigenvalue weighted by molar-refractivity contribution is 0.0295. The van der Waals surface area contributed by atoms with Gasteiger partial charge in [0.15, 0.2) is 0 Å². The van der Waals surface area contributed by atoms with Gasteiger partial charge in [0.2, 0.25) is 0 Å². The molecule has 0 heterocycles. The predicted molar refractivity (Wildman–Crippen MR) is 89.5 cm³/mol. The molecule has 0 aromatic heterocycles. The van der Waals surface area contributed by atoms with Crippen molar-refractivity contribution in [1.29, 1.82) is 0 Å². The molecule has 3 N–H and O–H groups in total. The van der Waals surface area contributed by atoms with Gasteiger partial charge in [-0.3, -0.25) is 15.8 Å². The van der Waals surface area contributed by atoms with Gasteiger partial charge in [-0.15, -0.1) is 5.23 Å². The molecule has 2 rings (SSSR count). The molecule has 0 radical (unpaired) electrons. The third-order valence-corrected chi connectivity index (χ3v) is 3.61. The molecule has 1 aliphatic carbocycles. The average Bonchev–Trinajstić information content (AvgIpc) is 2.55. The third kappa shape index (κ3) is 4.30. The number of hydrazone groups is 1. The van der Waals surface area contributed by atoms with Crippen molar-refractivity contribution in [2.24, 2.45) is 5.10 Å². The molecule has 0 spiro atoms. The molecule has 0 aliphatic heterocycles. The van der Waals surface area contributed by atoms with Gasteiger partial charge in [0, 0.05) is 5.69 Å². The van der Waals surface area contributed by atoms with E-state index in [1.807, 2.05) is 6.08 Å². The van der Waals surface area contributed by atoms with Crippen LogP contribution in [0.2, 0.25) is 0 Å². The van der Waals surface area contributed by atoms with Gasteiger partial charge in [-0.05, 0) is 55.0 Å². The SMILES string of the molecule is C=CC1=C(C=NNc2ccc(N([O-])[O-])cc2N(O)O)CCCC1. The van der Waals surface area contributed by atoms with Crippen LogP contribution in [0.15, 0.2) is 47.1 Å². The van der Waals surface area contributed by atoms with Crippen molar-refractivity contribution < 1.29 is 10.4 Å². The van der Waals surface area contributed by atoms with Crippen LogP contribution < -0.4 is 15.9 Å². The van der Waals surface area contributed by atoms with E-state index in [0.717, 1.165) is 42.9 Å². The van der Waals surface area contributed by atoms with Gasteiger partial charge >= 0.3 is 0 Å². The van der Waals surface area contributed by atoms with Crippen LogP contribution in [0.3, 0.4) is 0 Å². The Bertz CT molecular complexity index is 626. The summed E-state index contributed by atoms with van der Waals surface area (Å²) in [5.74, 6) is 0. The Morgan fingerprint density at radius 3 is 2.48 bits per heavy atom. The summed E-state index contributed by atoms with van der Waals surface area (Å²) in [6, 6.07) is 3.64. The normalized spacial score (nSPS) is 15.0. The van der Waals surface area contributed by atoms with Gasteiger partial charge in [-0.2, -0.15) is 5.10 Å². The molecule has 0 saturated carbocycles. The second-order valence-electron chi connectivity index (χ2n) is 5.08. The Labute approximate surface area is 133 Å². The van der Waals surface area contributed by atoms with Gasteiger partial charge < -0.3 is 15.6 Å². The van der Waals surface area contributed by atoms with Crippen LogP contribution in [-0.2, 0) is 0 Å². The second kappa shape index (κ2) is 7.75. The first kappa shape index (κ1) is 17.0. The van der Waals surface area contributed by atoms with Crippen molar-refractivity contribution in [3.8, 4) is 0 Å². The van der Waals surface area contributed by atoms with E-state index in [-0.39, 0.29) is 22.3 Å². The summed E-state index contributed by atoms with van der Waals surface area (Å²) < 4.78 is 0. The van der Waals surface area contributed by atoms with Crippen LogP contribution in [-0.4, -0.2) is 16.6 Å². The van der Waals surface area contributed by atoms with Gasteiger partial charge in [0.25, 0.3) is 0 Å². The van der Waals surface area contributed by atoms with E-state index >= 15 is 0 Å². The number of hydrogen-bond donors (Lipinski definition) is 3. The van der Waals surface area contributed by atoms with E-state index in [4.69, 9.17) is 0 Å². The summed E-state index contributed by atoms with van der Waals surface area (Å²) in [7, 11) is 0. The molecule has 124 valence electrons. The average molecular weight is 318 g/mol. The third-order valence-electron chi connectivity index (χ3n) is 3.61. The van der Waals surface area contributed by atoms with Crippen molar-refractivity contribution in [3.05, 3.63) is 52.4 Å². The highest BCUT2D eigenvalue weighted by atomic mass is 16.8. The maximum absolute atomic E-state index is 10.7. The predicted octanol–water partition coefficient (Wildman–Crippen LogP) is 3.53. The molecule has 0 bridgehead atoms. The largest absolute Gasteiger partial charge is 0.769 e. The van der Waals surface area contributed by atoms with E-state index in [2.05, 4.69) is 17.1 Å². The van der Waals surface area contributed by atoms with E-state index in [1.54, 1.807) is 6.21 Å². The highest BCUT2D eigenvalue weighted by Crippen LogP contribution is 2.29. The molecule has 8 heteroatoms. The maximum Gasteiger partial charge on any atom is 0.121 e. The molecule has 1 aliphatic rings. The van der Waals surface area contributed by atoms with Crippen LogP contribution in [0.25, 0.3) is 0 Å². The minimum atomic E-state index is -0.622. The zero-order valence-electron chi connectivity index (χ0n) is 12.5. The highest BCUT2D eigenvalue weighted by Gasteiger charge is 2.10. The highest BCUT2D eigenvalue weighted by molar-refractivity contribution is 5.82. The Morgan fingerprint density at radius 1 is 1.17 bits per heavy atom. The van der Waals surface area contributed by atoms with Crippen molar-refractivity contribution in [3.63, 3.8) is 0 Å². The lowest BCUT2D eigenvalue weighted by atomic mass is 9.92. The van der Waals surface area contributed by atoms with Crippen molar-refractivity contribution in [2.75, 3.05) is 15.9 Å². The maximum atomic E-state index is 10.7. The Hall–Kier alpha value is -2.39. The number of nitrogens with zero attached hydrogens (tertiary/aromatic N) is 3. The summed E-state index contributed by atoms with van der Waals surface area (Å²) in [4.78, 5) is 0. The summed E-state index contributed by atoms with van der Waals surface area (Å²) in [5, 5.41) is 43.1. The molecule has 0 amide bonds. The van der Waals surface area contributed by atoms with E-state index in [0.29, 0.717) is 0 Å². The molecule has 1 aromatic carbocycles. The number of benzene rings is 1. The Kier molecular flexibility index (Phi) is 5.72. The zero-order chi connectivity index (χ0) is 16.8. The summed E-state index contributed by atoms with van der Waals surface area (Å²) in [6.45, 7) is 3.79. The number of rotatable bonds is 6. The smallest absolute Gasteiger partial charge is 0.121 e. The van der Waals surface area contributed by atoms with Crippen LogP contribution in [0.1, 0.15) is 25.7 Å². The lowest BCUT2D eigenvalue weighted by Gasteiger charge is -2.37. The van der Waals surface area contributed by atoms with Gasteiger partial charge in [0.05, 0.1) is 11.9 Å². The van der Waals surface area contributed by atoms with E-state index in [1.165, 1.54) is 12.1 Å². The summed E-state index contributed by atoms with van der Waals surface area (Å²) in [5.41, 5.74) is 4.70. The quantitative estimate of drug-likeness (QED) is 0.542. The molecule has 0 saturated heterocycles. The van der Waals surface area contributed by atoms with Crippen molar-refractivity contribution in [2.45, 2.75) is 25.7 Å². The topological polar surface area (TPSA) is 117 Å². The van der Waals surface area contributed by atoms with E-state index < -0.39 is 5.23 Å². The van der Waals surface area contributed by atoms with Crippen molar-refractivity contribution in [1.82, 2.24) is 0 Å². The second-order valence-corrected chi connectivity index (χ2v) is 5.08. The molecular weight excluding hydrogens is 300 g/mol. The minimum absolute atomic E-state index is 0.169. The molecule has 0 atom stereocenters. The van der Waals surface area contributed by atoms with Crippen LogP contribution >= 0.6 is 0 Å². The molecule has 8 nitrogen and oxygen atoms in total. The molecule has 1 aromatic rings.